The summed E-state index contributed by atoms with van der Waals surface area (Å²) in [7, 11) is 1.55. The summed E-state index contributed by atoms with van der Waals surface area (Å²) in [6.45, 7) is 0.370. The number of nitrogens with one attached hydrogen (secondary N) is 2. The van der Waals surface area contributed by atoms with Gasteiger partial charge in [0.1, 0.15) is 6.61 Å². The van der Waals surface area contributed by atoms with E-state index in [0.29, 0.717) is 34.4 Å². The third kappa shape index (κ3) is 7.97. The van der Waals surface area contributed by atoms with Crippen molar-refractivity contribution in [2.45, 2.75) is 19.4 Å². The van der Waals surface area contributed by atoms with Crippen molar-refractivity contribution in [1.29, 1.82) is 0 Å². The van der Waals surface area contributed by atoms with Crippen molar-refractivity contribution in [3.8, 4) is 11.5 Å². The highest BCUT2D eigenvalue weighted by Crippen LogP contribution is 2.28. The van der Waals surface area contributed by atoms with Gasteiger partial charge in [0.05, 0.1) is 13.3 Å². The molecule has 0 aliphatic carbocycles. The zero-order valence-corrected chi connectivity index (χ0v) is 18.8. The summed E-state index contributed by atoms with van der Waals surface area (Å²) in [6.07, 6.45) is 1.58. The molecule has 3 aromatic carbocycles. The first-order valence-corrected chi connectivity index (χ1v) is 10.6. The highest BCUT2D eigenvalue weighted by Gasteiger charge is 2.08. The van der Waals surface area contributed by atoms with Crippen molar-refractivity contribution in [3.05, 3.63) is 88.9 Å². The number of benzene rings is 3. The molecule has 0 saturated carbocycles. The first kappa shape index (κ1) is 23.8. The van der Waals surface area contributed by atoms with Crippen LogP contribution in [-0.2, 0) is 16.2 Å². The van der Waals surface area contributed by atoms with Gasteiger partial charge in [-0.15, -0.1) is 0 Å². The van der Waals surface area contributed by atoms with Crippen LogP contribution in [0.1, 0.15) is 24.0 Å². The minimum atomic E-state index is -0.357. The molecule has 0 atom stereocenters. The van der Waals surface area contributed by atoms with Crippen LogP contribution in [-0.4, -0.2) is 25.1 Å². The van der Waals surface area contributed by atoms with E-state index < -0.39 is 0 Å². The molecule has 0 unspecified atom stereocenters. The standard InChI is InChI=1S/C25H24ClN3O4/c1-32-23-15-19(9-12-22(23)33-17-18-7-10-20(26)11-8-18)16-27-29-25(31)14-13-24(30)28-21-5-3-2-4-6-21/h2-12,15-16H,13-14,17H2,1H3,(H,28,30)(H,29,31). The van der Waals surface area contributed by atoms with Crippen LogP contribution in [0.25, 0.3) is 0 Å². The maximum atomic E-state index is 12.0. The summed E-state index contributed by atoms with van der Waals surface area (Å²) >= 11 is 5.90. The molecule has 0 aromatic heterocycles. The molecule has 0 radical (unpaired) electrons. The van der Waals surface area contributed by atoms with Crippen LogP contribution in [0.4, 0.5) is 5.69 Å². The molecule has 0 heterocycles. The van der Waals surface area contributed by atoms with Crippen molar-refractivity contribution in [2.24, 2.45) is 5.10 Å². The Hall–Kier alpha value is -3.84. The Morgan fingerprint density at radius 2 is 1.67 bits per heavy atom. The summed E-state index contributed by atoms with van der Waals surface area (Å²) in [4.78, 5) is 23.9. The quantitative estimate of drug-likeness (QED) is 0.332. The molecule has 0 aliphatic rings. The summed E-state index contributed by atoms with van der Waals surface area (Å²) in [5.41, 5.74) is 4.81. The molecule has 3 rings (SSSR count). The lowest BCUT2D eigenvalue weighted by Crippen LogP contribution is -2.20. The van der Waals surface area contributed by atoms with E-state index in [9.17, 15) is 9.59 Å². The fraction of sp³-hybridized carbons (Fsp3) is 0.160. The highest BCUT2D eigenvalue weighted by atomic mass is 35.5. The third-order valence-electron chi connectivity index (χ3n) is 4.53. The van der Waals surface area contributed by atoms with E-state index in [-0.39, 0.29) is 24.7 Å². The largest absolute Gasteiger partial charge is 0.493 e. The molecule has 0 fully saturated rings. The Bertz CT molecular complexity index is 1100. The number of halogens is 1. The van der Waals surface area contributed by atoms with E-state index in [1.165, 1.54) is 6.21 Å². The van der Waals surface area contributed by atoms with Gasteiger partial charge in [0.25, 0.3) is 0 Å². The van der Waals surface area contributed by atoms with Crippen LogP contribution in [0.3, 0.4) is 0 Å². The number of ether oxygens (including phenoxy) is 2. The van der Waals surface area contributed by atoms with Crippen molar-refractivity contribution < 1.29 is 19.1 Å². The zero-order valence-electron chi connectivity index (χ0n) is 18.1. The van der Waals surface area contributed by atoms with Crippen molar-refractivity contribution in [1.82, 2.24) is 5.43 Å². The van der Waals surface area contributed by atoms with E-state index in [0.717, 1.165) is 5.56 Å². The summed E-state index contributed by atoms with van der Waals surface area (Å²) in [5, 5.41) is 7.35. The SMILES string of the molecule is COc1cc(C=NNC(=O)CCC(=O)Nc2ccccc2)ccc1OCc1ccc(Cl)cc1. The number of rotatable bonds is 10. The maximum absolute atomic E-state index is 12.0. The van der Waals surface area contributed by atoms with Gasteiger partial charge in [0, 0.05) is 23.6 Å². The predicted octanol–water partition coefficient (Wildman–Crippen LogP) is 4.80. The molecule has 170 valence electrons. The van der Waals surface area contributed by atoms with E-state index in [1.54, 1.807) is 49.6 Å². The minimum absolute atomic E-state index is 0.0246. The number of para-hydroxylation sites is 1. The molecule has 8 heteroatoms. The topological polar surface area (TPSA) is 89.0 Å². The van der Waals surface area contributed by atoms with Crippen molar-refractivity contribution >= 4 is 35.3 Å². The number of nitrogens with zero attached hydrogens (tertiary/aromatic N) is 1. The van der Waals surface area contributed by atoms with Crippen molar-refractivity contribution in [2.75, 3.05) is 12.4 Å². The Labute approximate surface area is 197 Å². The smallest absolute Gasteiger partial charge is 0.240 e. The number of amides is 2. The fourth-order valence-electron chi connectivity index (χ4n) is 2.83. The molecule has 7 nitrogen and oxygen atoms in total. The fourth-order valence-corrected chi connectivity index (χ4v) is 2.96. The third-order valence-corrected chi connectivity index (χ3v) is 4.79. The molecule has 3 aromatic rings. The predicted molar refractivity (Wildman–Crippen MR) is 129 cm³/mol. The molecule has 0 aliphatic heterocycles. The molecule has 0 saturated heterocycles. The monoisotopic (exact) mass is 465 g/mol. The molecule has 33 heavy (non-hydrogen) atoms. The molecule has 0 bridgehead atoms. The molecule has 2 N–H and O–H groups in total. The molecule has 0 spiro atoms. The van der Waals surface area contributed by atoms with Crippen LogP contribution < -0.4 is 20.2 Å². The van der Waals surface area contributed by atoms with E-state index in [2.05, 4.69) is 15.8 Å². The van der Waals surface area contributed by atoms with E-state index >= 15 is 0 Å². The van der Waals surface area contributed by atoms with Gasteiger partial charge in [-0.25, -0.2) is 5.43 Å². The van der Waals surface area contributed by atoms with Gasteiger partial charge in [0.2, 0.25) is 11.8 Å². The summed E-state index contributed by atoms with van der Waals surface area (Å²) < 4.78 is 11.2. The highest BCUT2D eigenvalue weighted by molar-refractivity contribution is 6.30. The van der Waals surface area contributed by atoms with Gasteiger partial charge in [-0.3, -0.25) is 9.59 Å². The number of carbonyl (C=O) groups excluding carboxylic acids is 2. The minimum Gasteiger partial charge on any atom is -0.493 e. The number of carbonyl (C=O) groups is 2. The van der Waals surface area contributed by atoms with Gasteiger partial charge in [0.15, 0.2) is 11.5 Å². The number of hydrogen-bond acceptors (Lipinski definition) is 5. The average molecular weight is 466 g/mol. The number of hydrogen-bond donors (Lipinski definition) is 2. The maximum Gasteiger partial charge on any atom is 0.240 e. The average Bonchev–Trinajstić information content (AvgIpc) is 2.83. The number of hydrazone groups is 1. The second kappa shape index (κ2) is 12.3. The van der Waals surface area contributed by atoms with E-state index in [4.69, 9.17) is 21.1 Å². The van der Waals surface area contributed by atoms with Gasteiger partial charge in [-0.1, -0.05) is 41.9 Å². The molecular weight excluding hydrogens is 442 g/mol. The summed E-state index contributed by atoms with van der Waals surface area (Å²) in [5.74, 6) is 0.526. The van der Waals surface area contributed by atoms with Gasteiger partial charge >= 0.3 is 0 Å². The van der Waals surface area contributed by atoms with E-state index in [1.807, 2.05) is 30.3 Å². The lowest BCUT2D eigenvalue weighted by atomic mass is 10.2. The van der Waals surface area contributed by atoms with Crippen LogP contribution in [0.15, 0.2) is 77.9 Å². The van der Waals surface area contributed by atoms with Crippen LogP contribution >= 0.6 is 11.6 Å². The second-order valence-corrected chi connectivity index (χ2v) is 7.47. The Kier molecular flexibility index (Phi) is 8.85. The Balaban J connectivity index is 1.46. The number of anilines is 1. The van der Waals surface area contributed by atoms with Gasteiger partial charge in [-0.05, 0) is 53.6 Å². The second-order valence-electron chi connectivity index (χ2n) is 7.03. The van der Waals surface area contributed by atoms with Gasteiger partial charge < -0.3 is 14.8 Å². The zero-order chi connectivity index (χ0) is 23.5. The number of methoxy groups -OCH3 is 1. The van der Waals surface area contributed by atoms with Crippen LogP contribution in [0.5, 0.6) is 11.5 Å². The van der Waals surface area contributed by atoms with Crippen molar-refractivity contribution in [3.63, 3.8) is 0 Å². The normalized spacial score (nSPS) is 10.6. The van der Waals surface area contributed by atoms with Crippen LogP contribution in [0.2, 0.25) is 5.02 Å². The first-order valence-electron chi connectivity index (χ1n) is 10.3. The van der Waals surface area contributed by atoms with Crippen LogP contribution in [0, 0.1) is 0 Å². The lowest BCUT2D eigenvalue weighted by molar-refractivity contribution is -0.124. The lowest BCUT2D eigenvalue weighted by Gasteiger charge is -2.11. The Morgan fingerprint density at radius 1 is 0.939 bits per heavy atom. The molecular formula is C25H24ClN3O4. The van der Waals surface area contributed by atoms with Gasteiger partial charge in [-0.2, -0.15) is 5.10 Å². The molecule has 2 amide bonds. The summed E-state index contributed by atoms with van der Waals surface area (Å²) in [6, 6.07) is 21.8. The Morgan fingerprint density at radius 3 is 2.39 bits per heavy atom. The first-order chi connectivity index (χ1) is 16.0.